The number of piperazine rings is 1. The molecule has 1 heterocycles. The number of hydrogen-bond acceptors (Lipinski definition) is 4. The first kappa shape index (κ1) is 22.1. The van der Waals surface area contributed by atoms with E-state index in [-0.39, 0.29) is 34.7 Å². The van der Waals surface area contributed by atoms with Gasteiger partial charge < -0.3 is 15.0 Å². The number of alkyl halides is 2. The SMILES string of the molecule is CCC(C)(C)NC(=O)C(C)N1CCN(C(=O)c2ccccc2OC(F)F)CC1. The van der Waals surface area contributed by atoms with E-state index in [0.717, 1.165) is 6.42 Å². The van der Waals surface area contributed by atoms with E-state index in [9.17, 15) is 18.4 Å². The van der Waals surface area contributed by atoms with E-state index >= 15 is 0 Å². The summed E-state index contributed by atoms with van der Waals surface area (Å²) in [5.41, 5.74) is -0.149. The Balaban J connectivity index is 1.97. The van der Waals surface area contributed by atoms with Crippen molar-refractivity contribution in [2.45, 2.75) is 52.3 Å². The van der Waals surface area contributed by atoms with Gasteiger partial charge in [-0.15, -0.1) is 0 Å². The largest absolute Gasteiger partial charge is 0.434 e. The second-order valence-corrected chi connectivity index (χ2v) is 7.61. The van der Waals surface area contributed by atoms with Gasteiger partial charge in [0.2, 0.25) is 5.91 Å². The standard InChI is InChI=1S/C20H29F2N3O3/c1-5-20(3,4)23-17(26)14(2)24-10-12-25(13-11-24)18(27)15-8-6-7-9-16(15)28-19(21)22/h6-9,14,19H,5,10-13H2,1-4H3,(H,23,26). The minimum Gasteiger partial charge on any atom is -0.434 e. The fourth-order valence-electron chi connectivity index (χ4n) is 3.02. The minimum atomic E-state index is -2.99. The highest BCUT2D eigenvalue weighted by atomic mass is 19.3. The Kier molecular flexibility index (Phi) is 7.35. The Hall–Kier alpha value is -2.22. The fourth-order valence-corrected chi connectivity index (χ4v) is 3.02. The van der Waals surface area contributed by atoms with Gasteiger partial charge in [-0.3, -0.25) is 14.5 Å². The summed E-state index contributed by atoms with van der Waals surface area (Å²) in [6, 6.07) is 5.69. The van der Waals surface area contributed by atoms with Crippen LogP contribution in [0.2, 0.25) is 0 Å². The van der Waals surface area contributed by atoms with Crippen molar-refractivity contribution in [1.82, 2.24) is 15.1 Å². The third kappa shape index (κ3) is 5.64. The van der Waals surface area contributed by atoms with Crippen molar-refractivity contribution in [2.75, 3.05) is 26.2 Å². The maximum atomic E-state index is 12.7. The predicted octanol–water partition coefficient (Wildman–Crippen LogP) is 2.74. The Bertz CT molecular complexity index is 689. The molecular formula is C20H29F2N3O3. The monoisotopic (exact) mass is 397 g/mol. The average molecular weight is 397 g/mol. The Labute approximate surface area is 164 Å². The summed E-state index contributed by atoms with van der Waals surface area (Å²) in [6.45, 7) is 6.73. The van der Waals surface area contributed by atoms with Gasteiger partial charge in [0.15, 0.2) is 0 Å². The van der Waals surface area contributed by atoms with E-state index in [1.165, 1.54) is 12.1 Å². The number of rotatable bonds is 7. The molecule has 0 radical (unpaired) electrons. The van der Waals surface area contributed by atoms with Crippen molar-refractivity contribution >= 4 is 11.8 Å². The Morgan fingerprint density at radius 1 is 1.18 bits per heavy atom. The molecule has 0 aliphatic carbocycles. The molecule has 6 nitrogen and oxygen atoms in total. The van der Waals surface area contributed by atoms with Crippen molar-refractivity contribution in [1.29, 1.82) is 0 Å². The second kappa shape index (κ2) is 9.32. The van der Waals surface area contributed by atoms with Gasteiger partial charge in [-0.1, -0.05) is 19.1 Å². The quantitative estimate of drug-likeness (QED) is 0.769. The van der Waals surface area contributed by atoms with E-state index < -0.39 is 6.61 Å². The zero-order chi connectivity index (χ0) is 20.9. The van der Waals surface area contributed by atoms with Crippen molar-refractivity contribution in [2.24, 2.45) is 0 Å². The van der Waals surface area contributed by atoms with E-state index in [1.807, 2.05) is 32.6 Å². The van der Waals surface area contributed by atoms with Gasteiger partial charge in [-0.05, 0) is 39.3 Å². The van der Waals surface area contributed by atoms with Crippen LogP contribution in [-0.2, 0) is 4.79 Å². The minimum absolute atomic E-state index is 0.0395. The van der Waals surface area contributed by atoms with Crippen molar-refractivity contribution < 1.29 is 23.1 Å². The molecule has 1 saturated heterocycles. The van der Waals surface area contributed by atoms with Crippen LogP contribution < -0.4 is 10.1 Å². The summed E-state index contributed by atoms with van der Waals surface area (Å²) in [6.07, 6.45) is 0.827. The molecule has 1 aromatic rings. The van der Waals surface area contributed by atoms with Gasteiger partial charge in [0.25, 0.3) is 5.91 Å². The molecule has 8 heteroatoms. The van der Waals surface area contributed by atoms with Crippen LogP contribution in [0.3, 0.4) is 0 Å². The van der Waals surface area contributed by atoms with Crippen molar-refractivity contribution in [3.63, 3.8) is 0 Å². The number of benzene rings is 1. The van der Waals surface area contributed by atoms with Crippen LogP contribution in [0, 0.1) is 0 Å². The molecule has 1 aromatic carbocycles. The van der Waals surface area contributed by atoms with E-state index in [1.54, 1.807) is 17.0 Å². The van der Waals surface area contributed by atoms with Crippen molar-refractivity contribution in [3.05, 3.63) is 29.8 Å². The maximum Gasteiger partial charge on any atom is 0.387 e. The third-order valence-electron chi connectivity index (χ3n) is 5.21. The first-order chi connectivity index (χ1) is 13.1. The lowest BCUT2D eigenvalue weighted by Gasteiger charge is -2.38. The van der Waals surface area contributed by atoms with Gasteiger partial charge in [0.1, 0.15) is 5.75 Å². The number of nitrogens with one attached hydrogen (secondary N) is 1. The summed E-state index contributed by atoms with van der Waals surface area (Å²) in [7, 11) is 0. The predicted molar refractivity (Wildman–Crippen MR) is 103 cm³/mol. The molecule has 1 fully saturated rings. The van der Waals surface area contributed by atoms with Gasteiger partial charge in [-0.2, -0.15) is 8.78 Å². The summed E-state index contributed by atoms with van der Waals surface area (Å²) in [5.74, 6) is -0.512. The van der Waals surface area contributed by atoms with E-state index in [0.29, 0.717) is 26.2 Å². The van der Waals surface area contributed by atoms with Gasteiger partial charge in [0.05, 0.1) is 11.6 Å². The van der Waals surface area contributed by atoms with Crippen LogP contribution in [0.1, 0.15) is 44.5 Å². The Morgan fingerprint density at radius 2 is 1.79 bits per heavy atom. The van der Waals surface area contributed by atoms with Crippen LogP contribution in [0.15, 0.2) is 24.3 Å². The first-order valence-electron chi connectivity index (χ1n) is 9.54. The third-order valence-corrected chi connectivity index (χ3v) is 5.21. The van der Waals surface area contributed by atoms with Crippen LogP contribution in [-0.4, -0.2) is 66.0 Å². The molecule has 156 valence electrons. The van der Waals surface area contributed by atoms with Crippen molar-refractivity contribution in [3.8, 4) is 5.75 Å². The number of para-hydroxylation sites is 1. The van der Waals surface area contributed by atoms with Crippen LogP contribution in [0.4, 0.5) is 8.78 Å². The highest BCUT2D eigenvalue weighted by Crippen LogP contribution is 2.23. The average Bonchev–Trinajstić information content (AvgIpc) is 2.66. The molecular weight excluding hydrogens is 368 g/mol. The fraction of sp³-hybridized carbons (Fsp3) is 0.600. The normalized spacial score (nSPS) is 16.8. The smallest absolute Gasteiger partial charge is 0.387 e. The number of nitrogens with zero attached hydrogens (tertiary/aromatic N) is 2. The number of ether oxygens (including phenoxy) is 1. The number of carbonyl (C=O) groups excluding carboxylic acids is 2. The molecule has 0 aromatic heterocycles. The second-order valence-electron chi connectivity index (χ2n) is 7.61. The first-order valence-corrected chi connectivity index (χ1v) is 9.54. The van der Waals surface area contributed by atoms with Gasteiger partial charge in [-0.25, -0.2) is 0 Å². The Morgan fingerprint density at radius 3 is 2.36 bits per heavy atom. The molecule has 28 heavy (non-hydrogen) atoms. The molecule has 2 rings (SSSR count). The lowest BCUT2D eigenvalue weighted by atomic mass is 10.0. The number of carbonyl (C=O) groups is 2. The number of amides is 2. The number of halogens is 2. The summed E-state index contributed by atoms with van der Waals surface area (Å²) in [5, 5.41) is 3.04. The molecule has 1 unspecified atom stereocenters. The van der Waals surface area contributed by atoms with Gasteiger partial charge in [0, 0.05) is 31.7 Å². The molecule has 1 atom stereocenters. The highest BCUT2D eigenvalue weighted by molar-refractivity contribution is 5.97. The lowest BCUT2D eigenvalue weighted by molar-refractivity contribution is -0.128. The molecule has 0 spiro atoms. The van der Waals surface area contributed by atoms with E-state index in [2.05, 4.69) is 10.1 Å². The molecule has 0 bridgehead atoms. The molecule has 1 N–H and O–H groups in total. The molecule has 1 aliphatic rings. The lowest BCUT2D eigenvalue weighted by Crippen LogP contribution is -2.57. The highest BCUT2D eigenvalue weighted by Gasteiger charge is 2.30. The van der Waals surface area contributed by atoms with E-state index in [4.69, 9.17) is 0 Å². The molecule has 1 aliphatic heterocycles. The molecule has 2 amide bonds. The summed E-state index contributed by atoms with van der Waals surface area (Å²) >= 11 is 0. The topological polar surface area (TPSA) is 61.9 Å². The molecule has 0 saturated carbocycles. The van der Waals surface area contributed by atoms with Gasteiger partial charge >= 0.3 is 6.61 Å². The van der Waals surface area contributed by atoms with Crippen LogP contribution >= 0.6 is 0 Å². The van der Waals surface area contributed by atoms with Crippen LogP contribution in [0.5, 0.6) is 5.75 Å². The zero-order valence-electron chi connectivity index (χ0n) is 16.9. The summed E-state index contributed by atoms with van der Waals surface area (Å²) in [4.78, 5) is 28.8. The number of hydrogen-bond donors (Lipinski definition) is 1. The zero-order valence-corrected chi connectivity index (χ0v) is 16.9. The van der Waals surface area contributed by atoms with Crippen LogP contribution in [0.25, 0.3) is 0 Å². The maximum absolute atomic E-state index is 12.7. The summed E-state index contributed by atoms with van der Waals surface area (Å²) < 4.78 is 29.6.